The highest BCUT2D eigenvalue weighted by Gasteiger charge is 2.29. The van der Waals surface area contributed by atoms with Crippen LogP contribution in [0.5, 0.6) is 5.75 Å². The normalized spacial score (nSPS) is 14.2. The molecule has 30 heavy (non-hydrogen) atoms. The molecule has 160 valence electrons. The molecule has 7 nitrogen and oxygen atoms in total. The van der Waals surface area contributed by atoms with Crippen molar-refractivity contribution in [2.45, 2.75) is 43.4 Å². The Kier molecular flexibility index (Phi) is 6.45. The predicted octanol–water partition coefficient (Wildman–Crippen LogP) is 2.47. The summed E-state index contributed by atoms with van der Waals surface area (Å²) in [6.45, 7) is 3.88. The smallest absolute Gasteiger partial charge is 0.223 e. The minimum atomic E-state index is -3.67. The molecule has 0 saturated carbocycles. The van der Waals surface area contributed by atoms with Crippen LogP contribution < -0.4 is 15.0 Å². The molecule has 1 atom stereocenters. The third-order valence-corrected chi connectivity index (χ3v) is 7.42. The van der Waals surface area contributed by atoms with Gasteiger partial charge >= 0.3 is 0 Å². The highest BCUT2D eigenvalue weighted by molar-refractivity contribution is 7.92. The Balaban J connectivity index is 1.65. The second kappa shape index (κ2) is 8.87. The van der Waals surface area contributed by atoms with Crippen LogP contribution in [-0.2, 0) is 32.4 Å². The van der Waals surface area contributed by atoms with Crippen molar-refractivity contribution in [2.24, 2.45) is 0 Å². The van der Waals surface area contributed by atoms with Gasteiger partial charge in [0.2, 0.25) is 11.8 Å². The first-order valence-corrected chi connectivity index (χ1v) is 11.3. The third-order valence-electron chi connectivity index (χ3n) is 5.28. The van der Waals surface area contributed by atoms with Crippen molar-refractivity contribution in [3.8, 4) is 5.75 Å². The highest BCUT2D eigenvalue weighted by atomic mass is 32.2. The van der Waals surface area contributed by atoms with E-state index in [4.69, 9.17) is 4.74 Å². The van der Waals surface area contributed by atoms with E-state index in [1.165, 1.54) is 19.9 Å². The van der Waals surface area contributed by atoms with E-state index in [9.17, 15) is 18.0 Å². The van der Waals surface area contributed by atoms with Crippen molar-refractivity contribution < 1.29 is 22.7 Å². The third kappa shape index (κ3) is 4.64. The van der Waals surface area contributed by atoms with Crippen LogP contribution in [0.15, 0.2) is 47.4 Å². The van der Waals surface area contributed by atoms with Crippen LogP contribution in [0.2, 0.25) is 0 Å². The summed E-state index contributed by atoms with van der Waals surface area (Å²) in [5, 5.41) is 1.89. The van der Waals surface area contributed by atoms with Crippen molar-refractivity contribution in [3.05, 3.63) is 53.6 Å². The lowest BCUT2D eigenvalue weighted by Gasteiger charge is -2.16. The molecule has 8 heteroatoms. The first-order chi connectivity index (χ1) is 14.2. The van der Waals surface area contributed by atoms with Crippen molar-refractivity contribution >= 4 is 27.3 Å². The average Bonchev–Trinajstić information content (AvgIpc) is 3.16. The molecule has 1 aliphatic heterocycles. The van der Waals surface area contributed by atoms with E-state index in [-0.39, 0.29) is 23.1 Å². The maximum absolute atomic E-state index is 13.0. The Morgan fingerprint density at radius 1 is 1.20 bits per heavy atom. The van der Waals surface area contributed by atoms with E-state index in [0.29, 0.717) is 25.3 Å². The number of benzene rings is 2. The number of anilines is 1. The van der Waals surface area contributed by atoms with Gasteiger partial charge in [-0.2, -0.15) is 0 Å². The molecule has 1 aliphatic rings. The largest absolute Gasteiger partial charge is 0.497 e. The van der Waals surface area contributed by atoms with Crippen molar-refractivity contribution in [1.82, 2.24) is 5.32 Å². The molecule has 0 bridgehead atoms. The minimum absolute atomic E-state index is 0.0644. The van der Waals surface area contributed by atoms with E-state index < -0.39 is 15.1 Å². The molecule has 2 aromatic carbocycles. The number of fused-ring (bicyclic) bond motifs is 1. The first-order valence-electron chi connectivity index (χ1n) is 9.77. The van der Waals surface area contributed by atoms with E-state index in [1.54, 1.807) is 24.1 Å². The number of rotatable bonds is 7. The second-order valence-electron chi connectivity index (χ2n) is 7.40. The van der Waals surface area contributed by atoms with Crippen LogP contribution in [0.25, 0.3) is 0 Å². The summed E-state index contributed by atoms with van der Waals surface area (Å²) in [5.74, 6) is 0.292. The van der Waals surface area contributed by atoms with Crippen molar-refractivity contribution in [1.29, 1.82) is 0 Å². The molecule has 1 N–H and O–H groups in total. The Bertz CT molecular complexity index is 1060. The number of nitrogens with zero attached hydrogens (tertiary/aromatic N) is 1. The van der Waals surface area contributed by atoms with E-state index in [0.717, 1.165) is 16.8 Å². The van der Waals surface area contributed by atoms with Gasteiger partial charge in [-0.25, -0.2) is 8.42 Å². The molecule has 0 aromatic heterocycles. The van der Waals surface area contributed by atoms with Gasteiger partial charge in [0, 0.05) is 32.1 Å². The molecule has 2 amide bonds. The number of methoxy groups -OCH3 is 1. The van der Waals surface area contributed by atoms with Gasteiger partial charge in [0.05, 0.1) is 17.3 Å². The number of hydrogen-bond donors (Lipinski definition) is 1. The van der Waals surface area contributed by atoms with Gasteiger partial charge in [0.15, 0.2) is 9.84 Å². The lowest BCUT2D eigenvalue weighted by molar-refractivity contribution is -0.121. The number of nitrogens with one attached hydrogen (secondary N) is 1. The summed E-state index contributed by atoms with van der Waals surface area (Å²) in [4.78, 5) is 25.8. The summed E-state index contributed by atoms with van der Waals surface area (Å²) < 4.78 is 31.1. The Labute approximate surface area is 177 Å². The van der Waals surface area contributed by atoms with Crippen molar-refractivity contribution in [2.75, 3.05) is 18.6 Å². The monoisotopic (exact) mass is 430 g/mol. The lowest BCUT2D eigenvalue weighted by atomic mass is 10.2. The number of amides is 2. The zero-order chi connectivity index (χ0) is 21.9. The molecule has 0 fully saturated rings. The molecule has 2 aromatic rings. The molecule has 0 aliphatic carbocycles. The summed E-state index contributed by atoms with van der Waals surface area (Å²) in [7, 11) is -2.10. The summed E-state index contributed by atoms with van der Waals surface area (Å²) in [6.07, 6.45) is 0.483. The number of sulfone groups is 1. The topological polar surface area (TPSA) is 92.8 Å². The maximum Gasteiger partial charge on any atom is 0.223 e. The molecule has 3 rings (SSSR count). The van der Waals surface area contributed by atoms with E-state index in [1.807, 2.05) is 24.3 Å². The molecular formula is C22H26N2O5S. The van der Waals surface area contributed by atoms with Crippen LogP contribution in [0.3, 0.4) is 0 Å². The zero-order valence-electron chi connectivity index (χ0n) is 17.3. The van der Waals surface area contributed by atoms with Crippen molar-refractivity contribution in [3.63, 3.8) is 0 Å². The summed E-state index contributed by atoms with van der Waals surface area (Å²) >= 11 is 0. The average molecular weight is 431 g/mol. The van der Waals surface area contributed by atoms with Crippen LogP contribution in [0.4, 0.5) is 5.69 Å². The van der Waals surface area contributed by atoms with Gasteiger partial charge in [-0.1, -0.05) is 12.1 Å². The number of carbonyl (C=O) groups excluding carboxylic acids is 2. The second-order valence-corrected chi connectivity index (χ2v) is 9.77. The van der Waals surface area contributed by atoms with Gasteiger partial charge in [-0.3, -0.25) is 9.59 Å². The van der Waals surface area contributed by atoms with Crippen LogP contribution in [0.1, 0.15) is 31.4 Å². The Morgan fingerprint density at radius 2 is 1.97 bits per heavy atom. The summed E-state index contributed by atoms with van der Waals surface area (Å²) in [5.41, 5.74) is 2.46. The fourth-order valence-electron chi connectivity index (χ4n) is 3.54. The fourth-order valence-corrected chi connectivity index (χ4v) is 4.94. The van der Waals surface area contributed by atoms with Crippen LogP contribution in [0, 0.1) is 0 Å². The van der Waals surface area contributed by atoms with Crippen LogP contribution >= 0.6 is 0 Å². The van der Waals surface area contributed by atoms with Gasteiger partial charge in [0.1, 0.15) is 5.75 Å². The number of ether oxygens (including phenoxy) is 1. The van der Waals surface area contributed by atoms with Gasteiger partial charge in [-0.15, -0.1) is 0 Å². The number of carbonyl (C=O) groups is 2. The molecule has 1 unspecified atom stereocenters. The molecule has 0 spiro atoms. The Hall–Kier alpha value is -2.87. The first kappa shape index (κ1) is 21.8. The standard InChI is InChI=1S/C22H26N2O5S/c1-15(11-22(26)23-14-17-5-4-6-19(12-17)29-3)30(27,28)20-7-8-21-18(13-20)9-10-24(21)16(2)25/h4-8,12-13,15H,9-11,14H2,1-3H3,(H,23,26). The SMILES string of the molecule is COc1cccc(CNC(=O)CC(C)S(=O)(=O)c2ccc3c(c2)CCN3C(C)=O)c1. The molecule has 1 heterocycles. The maximum atomic E-state index is 13.0. The van der Waals surface area contributed by atoms with E-state index >= 15 is 0 Å². The zero-order valence-corrected chi connectivity index (χ0v) is 18.2. The Morgan fingerprint density at radius 3 is 2.67 bits per heavy atom. The van der Waals surface area contributed by atoms with Gasteiger partial charge in [-0.05, 0) is 54.8 Å². The van der Waals surface area contributed by atoms with Crippen LogP contribution in [-0.4, -0.2) is 39.1 Å². The highest BCUT2D eigenvalue weighted by Crippen LogP contribution is 2.31. The summed E-state index contributed by atoms with van der Waals surface area (Å²) in [6, 6.07) is 12.1. The quantitative estimate of drug-likeness (QED) is 0.729. The van der Waals surface area contributed by atoms with E-state index in [2.05, 4.69) is 5.32 Å². The predicted molar refractivity (Wildman–Crippen MR) is 114 cm³/mol. The van der Waals surface area contributed by atoms with Gasteiger partial charge in [0.25, 0.3) is 0 Å². The fraction of sp³-hybridized carbons (Fsp3) is 0.364. The molecular weight excluding hydrogens is 404 g/mol. The van der Waals surface area contributed by atoms with Gasteiger partial charge < -0.3 is 15.0 Å². The molecule has 0 saturated heterocycles. The lowest BCUT2D eigenvalue weighted by Crippen LogP contribution is -2.29. The minimum Gasteiger partial charge on any atom is -0.497 e. The number of hydrogen-bond acceptors (Lipinski definition) is 5. The molecule has 0 radical (unpaired) electrons.